The number of nitrogens with zero attached hydrogens (tertiary/aromatic N) is 2. The summed E-state index contributed by atoms with van der Waals surface area (Å²) in [6, 6.07) is 3.33. The van der Waals surface area contributed by atoms with Gasteiger partial charge in [-0.25, -0.2) is 9.78 Å². The van der Waals surface area contributed by atoms with E-state index in [4.69, 9.17) is 4.74 Å². The molecule has 1 aliphatic rings. The van der Waals surface area contributed by atoms with Crippen molar-refractivity contribution in [2.75, 3.05) is 24.6 Å². The van der Waals surface area contributed by atoms with Crippen LogP contribution in [0.15, 0.2) is 12.1 Å². The summed E-state index contributed by atoms with van der Waals surface area (Å²) in [6.45, 7) is 7.75. The molecule has 1 saturated heterocycles. The number of aromatic nitrogens is 1. The predicted molar refractivity (Wildman–Crippen MR) is 68.2 cm³/mol. The molecule has 0 spiro atoms. The molecule has 0 radical (unpaired) electrons. The number of hydrogen-bond acceptors (Lipinski definition) is 4. The SMILES string of the molecule is Cc1ccc(C(=O)O)c(N2CCOC(C)(C)C2)n1. The third kappa shape index (κ3) is 2.61. The predicted octanol–water partition coefficient (Wildman–Crippen LogP) is 1.70. The van der Waals surface area contributed by atoms with Crippen molar-refractivity contribution in [3.8, 4) is 0 Å². The summed E-state index contributed by atoms with van der Waals surface area (Å²) in [5, 5.41) is 9.22. The third-order valence-electron chi connectivity index (χ3n) is 2.97. The smallest absolute Gasteiger partial charge is 0.339 e. The van der Waals surface area contributed by atoms with Crippen molar-refractivity contribution in [1.29, 1.82) is 0 Å². The molecule has 18 heavy (non-hydrogen) atoms. The van der Waals surface area contributed by atoms with Gasteiger partial charge in [0.1, 0.15) is 11.4 Å². The molecule has 0 unspecified atom stereocenters. The van der Waals surface area contributed by atoms with Gasteiger partial charge in [-0.15, -0.1) is 0 Å². The Morgan fingerprint density at radius 1 is 1.50 bits per heavy atom. The molecule has 0 bridgehead atoms. The van der Waals surface area contributed by atoms with Gasteiger partial charge in [-0.2, -0.15) is 0 Å². The van der Waals surface area contributed by atoms with Gasteiger partial charge in [0.2, 0.25) is 0 Å². The van der Waals surface area contributed by atoms with Crippen molar-refractivity contribution in [1.82, 2.24) is 4.98 Å². The molecule has 0 atom stereocenters. The quantitative estimate of drug-likeness (QED) is 0.865. The molecule has 2 rings (SSSR count). The van der Waals surface area contributed by atoms with Crippen LogP contribution in [0.25, 0.3) is 0 Å². The van der Waals surface area contributed by atoms with Crippen molar-refractivity contribution < 1.29 is 14.6 Å². The molecule has 1 aromatic rings. The van der Waals surface area contributed by atoms with Crippen LogP contribution in [-0.4, -0.2) is 41.4 Å². The Balaban J connectivity index is 2.37. The molecule has 0 amide bonds. The van der Waals surface area contributed by atoms with Crippen LogP contribution in [0.3, 0.4) is 0 Å². The van der Waals surface area contributed by atoms with Crippen LogP contribution in [-0.2, 0) is 4.74 Å². The summed E-state index contributed by atoms with van der Waals surface area (Å²) in [7, 11) is 0. The summed E-state index contributed by atoms with van der Waals surface area (Å²) in [4.78, 5) is 17.6. The van der Waals surface area contributed by atoms with E-state index in [0.717, 1.165) is 5.69 Å². The number of aromatic carboxylic acids is 1. The number of rotatable bonds is 2. The molecule has 1 N–H and O–H groups in total. The molecular weight excluding hydrogens is 232 g/mol. The van der Waals surface area contributed by atoms with E-state index in [2.05, 4.69) is 4.98 Å². The number of carbonyl (C=O) groups is 1. The Morgan fingerprint density at radius 3 is 2.83 bits per heavy atom. The third-order valence-corrected chi connectivity index (χ3v) is 2.97. The van der Waals surface area contributed by atoms with E-state index in [-0.39, 0.29) is 11.2 Å². The molecule has 1 aliphatic heterocycles. The van der Waals surface area contributed by atoms with E-state index < -0.39 is 5.97 Å². The highest BCUT2D eigenvalue weighted by Crippen LogP contribution is 2.25. The number of pyridine rings is 1. The standard InChI is InChI=1S/C13H18N2O3/c1-9-4-5-10(12(16)17)11(14-9)15-6-7-18-13(2,3)8-15/h4-5H,6-8H2,1-3H3,(H,16,17). The van der Waals surface area contributed by atoms with Crippen molar-refractivity contribution in [3.05, 3.63) is 23.4 Å². The molecule has 1 fully saturated rings. The molecule has 5 heteroatoms. The fourth-order valence-corrected chi connectivity index (χ4v) is 2.15. The highest BCUT2D eigenvalue weighted by atomic mass is 16.5. The number of aryl methyl sites for hydroxylation is 1. The fourth-order valence-electron chi connectivity index (χ4n) is 2.15. The Morgan fingerprint density at radius 2 is 2.22 bits per heavy atom. The maximum atomic E-state index is 11.2. The Bertz CT molecular complexity index is 471. The van der Waals surface area contributed by atoms with Gasteiger partial charge in [0.15, 0.2) is 0 Å². The molecule has 0 aliphatic carbocycles. The number of carboxylic acids is 1. The lowest BCUT2D eigenvalue weighted by Crippen LogP contribution is -2.49. The molecule has 1 aromatic heterocycles. The Kier molecular flexibility index (Phi) is 3.26. The minimum absolute atomic E-state index is 0.248. The molecule has 0 saturated carbocycles. The average molecular weight is 250 g/mol. The number of morpholine rings is 1. The van der Waals surface area contributed by atoms with E-state index in [0.29, 0.717) is 25.5 Å². The number of anilines is 1. The molecule has 98 valence electrons. The van der Waals surface area contributed by atoms with Gasteiger partial charge >= 0.3 is 5.97 Å². The van der Waals surface area contributed by atoms with Crippen LogP contribution in [0.1, 0.15) is 29.9 Å². The van der Waals surface area contributed by atoms with Gasteiger partial charge < -0.3 is 14.7 Å². The first kappa shape index (κ1) is 12.8. The molecule has 0 aromatic carbocycles. The summed E-state index contributed by atoms with van der Waals surface area (Å²) in [5.74, 6) is -0.402. The van der Waals surface area contributed by atoms with E-state index >= 15 is 0 Å². The van der Waals surface area contributed by atoms with Crippen LogP contribution < -0.4 is 4.90 Å². The summed E-state index contributed by atoms with van der Waals surface area (Å²) in [6.07, 6.45) is 0. The van der Waals surface area contributed by atoms with Gasteiger partial charge in [0, 0.05) is 18.8 Å². The zero-order chi connectivity index (χ0) is 13.3. The lowest BCUT2D eigenvalue weighted by atomic mass is 10.1. The number of hydrogen-bond donors (Lipinski definition) is 1. The van der Waals surface area contributed by atoms with E-state index in [1.54, 1.807) is 12.1 Å². The Labute approximate surface area is 106 Å². The van der Waals surface area contributed by atoms with Crippen LogP contribution in [0.5, 0.6) is 0 Å². The normalized spacial score (nSPS) is 18.7. The minimum Gasteiger partial charge on any atom is -0.478 e. The van der Waals surface area contributed by atoms with Gasteiger partial charge in [-0.05, 0) is 32.9 Å². The minimum atomic E-state index is -0.943. The van der Waals surface area contributed by atoms with Gasteiger partial charge in [-0.1, -0.05) is 0 Å². The average Bonchev–Trinajstić information content (AvgIpc) is 2.27. The first-order valence-electron chi connectivity index (χ1n) is 5.99. The number of ether oxygens (including phenoxy) is 1. The van der Waals surface area contributed by atoms with Crippen LogP contribution >= 0.6 is 0 Å². The topological polar surface area (TPSA) is 62.7 Å². The van der Waals surface area contributed by atoms with Crippen LogP contribution in [0.2, 0.25) is 0 Å². The van der Waals surface area contributed by atoms with E-state index in [9.17, 15) is 9.90 Å². The van der Waals surface area contributed by atoms with E-state index in [1.807, 2.05) is 25.7 Å². The molecular formula is C13H18N2O3. The van der Waals surface area contributed by atoms with Crippen molar-refractivity contribution >= 4 is 11.8 Å². The second kappa shape index (κ2) is 4.57. The maximum Gasteiger partial charge on any atom is 0.339 e. The monoisotopic (exact) mass is 250 g/mol. The van der Waals surface area contributed by atoms with Gasteiger partial charge in [0.05, 0.1) is 12.2 Å². The number of carboxylic acid groups (broad SMARTS) is 1. The first-order chi connectivity index (χ1) is 8.39. The Hall–Kier alpha value is -1.62. The molecule has 2 heterocycles. The zero-order valence-electron chi connectivity index (χ0n) is 10.9. The van der Waals surface area contributed by atoms with Crippen LogP contribution in [0.4, 0.5) is 5.82 Å². The largest absolute Gasteiger partial charge is 0.478 e. The lowest BCUT2D eigenvalue weighted by molar-refractivity contribution is -0.0280. The van der Waals surface area contributed by atoms with E-state index in [1.165, 1.54) is 0 Å². The van der Waals surface area contributed by atoms with Crippen molar-refractivity contribution in [3.63, 3.8) is 0 Å². The highest BCUT2D eigenvalue weighted by molar-refractivity contribution is 5.93. The summed E-state index contributed by atoms with van der Waals surface area (Å²) < 4.78 is 5.63. The van der Waals surface area contributed by atoms with Crippen molar-refractivity contribution in [2.24, 2.45) is 0 Å². The molecule has 5 nitrogen and oxygen atoms in total. The van der Waals surface area contributed by atoms with Crippen molar-refractivity contribution in [2.45, 2.75) is 26.4 Å². The highest BCUT2D eigenvalue weighted by Gasteiger charge is 2.30. The zero-order valence-corrected chi connectivity index (χ0v) is 10.9. The van der Waals surface area contributed by atoms with Crippen LogP contribution in [0, 0.1) is 6.92 Å². The van der Waals surface area contributed by atoms with Gasteiger partial charge in [0.25, 0.3) is 0 Å². The summed E-state index contributed by atoms with van der Waals surface area (Å²) >= 11 is 0. The lowest BCUT2D eigenvalue weighted by Gasteiger charge is -2.39. The second-order valence-electron chi connectivity index (χ2n) is 5.16. The fraction of sp³-hybridized carbons (Fsp3) is 0.538. The second-order valence-corrected chi connectivity index (χ2v) is 5.16. The maximum absolute atomic E-state index is 11.2. The van der Waals surface area contributed by atoms with Gasteiger partial charge in [-0.3, -0.25) is 0 Å². The first-order valence-corrected chi connectivity index (χ1v) is 5.99. The summed E-state index contributed by atoms with van der Waals surface area (Å²) in [5.41, 5.74) is 0.789.